The monoisotopic (exact) mass is 669 g/mol. The summed E-state index contributed by atoms with van der Waals surface area (Å²) >= 11 is 6.22. The lowest BCUT2D eigenvalue weighted by atomic mass is 9.49. The van der Waals surface area contributed by atoms with Crippen molar-refractivity contribution in [2.75, 3.05) is 31.1 Å². The van der Waals surface area contributed by atoms with Gasteiger partial charge in [-0.25, -0.2) is 0 Å². The predicted molar refractivity (Wildman–Crippen MR) is 180 cm³/mol. The highest BCUT2D eigenvalue weighted by Crippen LogP contribution is 2.55. The molecule has 2 aliphatic heterocycles. The highest BCUT2D eigenvalue weighted by atomic mass is 35.5. The third-order valence-electron chi connectivity index (χ3n) is 10.1. The lowest BCUT2D eigenvalue weighted by Gasteiger charge is -2.63. The molecule has 2 aromatic carbocycles. The number of aromatic nitrogens is 2. The van der Waals surface area contributed by atoms with Crippen molar-refractivity contribution in [2.24, 2.45) is 10.8 Å². The Morgan fingerprint density at radius 1 is 1.04 bits per heavy atom. The molecule has 2 N–H and O–H groups in total. The lowest BCUT2D eigenvalue weighted by molar-refractivity contribution is -0.164. The molecule has 1 aromatic heterocycles. The van der Waals surface area contributed by atoms with Crippen molar-refractivity contribution in [2.45, 2.75) is 65.1 Å². The SMILES string of the molecule is CC1(C)C(NC(=O)c2ccc(N3CCN(Cc4ccccc4C4CCC(=O)NC4=O)CC3)nn2)C(C)(C)C1Oc1ccc(C#N)c(Cl)c1. The second-order valence-corrected chi connectivity index (χ2v) is 14.5. The van der Waals surface area contributed by atoms with Crippen molar-refractivity contribution < 1.29 is 19.1 Å². The van der Waals surface area contributed by atoms with E-state index in [1.54, 1.807) is 24.3 Å². The van der Waals surface area contributed by atoms with Crippen LogP contribution in [0.25, 0.3) is 0 Å². The Bertz CT molecular complexity index is 1750. The number of imide groups is 1. The number of nitrogens with zero attached hydrogens (tertiary/aromatic N) is 5. The van der Waals surface area contributed by atoms with Gasteiger partial charge < -0.3 is 15.0 Å². The molecule has 3 aliphatic rings. The minimum atomic E-state index is -0.394. The zero-order chi connectivity index (χ0) is 34.2. The number of nitrogens with one attached hydrogen (secondary N) is 2. The number of hydrogen-bond acceptors (Lipinski definition) is 9. The fourth-order valence-corrected chi connectivity index (χ4v) is 8.01. The summed E-state index contributed by atoms with van der Waals surface area (Å²) in [5.74, 6) is 0.265. The number of rotatable bonds is 8. The maximum atomic E-state index is 13.3. The number of nitriles is 1. The molecule has 48 heavy (non-hydrogen) atoms. The van der Waals surface area contributed by atoms with Gasteiger partial charge in [-0.1, -0.05) is 63.6 Å². The van der Waals surface area contributed by atoms with E-state index in [4.69, 9.17) is 16.3 Å². The van der Waals surface area contributed by atoms with Crippen LogP contribution in [0.3, 0.4) is 0 Å². The number of ether oxygens (including phenoxy) is 1. The summed E-state index contributed by atoms with van der Waals surface area (Å²) in [5.41, 5.74) is 1.94. The Balaban J connectivity index is 1.03. The number of carbonyl (C=O) groups excluding carboxylic acids is 3. The Morgan fingerprint density at radius 2 is 1.77 bits per heavy atom. The summed E-state index contributed by atoms with van der Waals surface area (Å²) in [6.45, 7) is 12.0. The second kappa shape index (κ2) is 13.2. The fraction of sp³-hybridized carbons (Fsp3) is 0.444. The van der Waals surface area contributed by atoms with Gasteiger partial charge >= 0.3 is 0 Å². The van der Waals surface area contributed by atoms with E-state index in [9.17, 15) is 19.6 Å². The molecule has 12 heteroatoms. The van der Waals surface area contributed by atoms with Crippen LogP contribution in [-0.2, 0) is 16.1 Å². The van der Waals surface area contributed by atoms with Gasteiger partial charge in [0.1, 0.15) is 17.9 Å². The van der Waals surface area contributed by atoms with E-state index in [-0.39, 0.29) is 41.5 Å². The van der Waals surface area contributed by atoms with Crippen molar-refractivity contribution in [1.82, 2.24) is 25.7 Å². The number of piperidine rings is 1. The highest BCUT2D eigenvalue weighted by molar-refractivity contribution is 6.31. The van der Waals surface area contributed by atoms with Crippen LogP contribution in [0.15, 0.2) is 54.6 Å². The molecule has 250 valence electrons. The first-order chi connectivity index (χ1) is 22.9. The van der Waals surface area contributed by atoms with Crippen molar-refractivity contribution in [3.05, 3.63) is 82.0 Å². The molecule has 1 aliphatic carbocycles. The van der Waals surface area contributed by atoms with Gasteiger partial charge in [0.15, 0.2) is 11.5 Å². The molecular formula is C36H40ClN7O4. The number of amides is 3. The molecule has 6 rings (SSSR count). The normalized spacial score (nSPS) is 23.4. The largest absolute Gasteiger partial charge is 0.489 e. The molecule has 3 heterocycles. The quantitative estimate of drug-likeness (QED) is 0.333. The number of hydrogen-bond donors (Lipinski definition) is 2. The maximum Gasteiger partial charge on any atom is 0.272 e. The summed E-state index contributed by atoms with van der Waals surface area (Å²) in [4.78, 5) is 42.0. The van der Waals surface area contributed by atoms with Crippen LogP contribution in [0.2, 0.25) is 5.02 Å². The molecule has 3 amide bonds. The Kier molecular flexibility index (Phi) is 9.16. The minimum Gasteiger partial charge on any atom is -0.489 e. The van der Waals surface area contributed by atoms with Crippen molar-refractivity contribution in [3.63, 3.8) is 0 Å². The first kappa shape index (κ1) is 33.4. The van der Waals surface area contributed by atoms with Crippen LogP contribution in [0.1, 0.15) is 73.6 Å². The van der Waals surface area contributed by atoms with Crippen LogP contribution in [0.5, 0.6) is 5.75 Å². The van der Waals surface area contributed by atoms with Gasteiger partial charge in [-0.3, -0.25) is 24.6 Å². The fourth-order valence-electron chi connectivity index (χ4n) is 7.80. The number of carbonyl (C=O) groups is 3. The minimum absolute atomic E-state index is 0.189. The summed E-state index contributed by atoms with van der Waals surface area (Å²) in [6, 6.07) is 18.4. The van der Waals surface area contributed by atoms with Gasteiger partial charge in [0.25, 0.3) is 5.91 Å². The molecule has 2 saturated heterocycles. The van der Waals surface area contributed by atoms with Gasteiger partial charge in [0.05, 0.1) is 16.5 Å². The zero-order valence-electron chi connectivity index (χ0n) is 27.6. The number of anilines is 1. The first-order valence-electron chi connectivity index (χ1n) is 16.3. The summed E-state index contributed by atoms with van der Waals surface area (Å²) in [5, 5.41) is 23.8. The molecule has 3 aromatic rings. The highest BCUT2D eigenvalue weighted by Gasteiger charge is 2.64. The van der Waals surface area contributed by atoms with Crippen molar-refractivity contribution in [1.29, 1.82) is 5.26 Å². The number of benzene rings is 2. The summed E-state index contributed by atoms with van der Waals surface area (Å²) in [6.07, 6.45) is 0.675. The molecular weight excluding hydrogens is 630 g/mol. The van der Waals surface area contributed by atoms with Crippen LogP contribution < -0.4 is 20.3 Å². The third-order valence-corrected chi connectivity index (χ3v) is 10.4. The number of piperazine rings is 1. The molecule has 11 nitrogen and oxygen atoms in total. The predicted octanol–water partition coefficient (Wildman–Crippen LogP) is 4.46. The molecule has 1 atom stereocenters. The van der Waals surface area contributed by atoms with Gasteiger partial charge in [-0.05, 0) is 41.8 Å². The number of halogens is 1. The lowest BCUT2D eigenvalue weighted by Crippen LogP contribution is -2.74. The zero-order valence-corrected chi connectivity index (χ0v) is 28.4. The van der Waals surface area contributed by atoms with Crippen LogP contribution in [-0.4, -0.2) is 71.1 Å². The molecule has 1 saturated carbocycles. The maximum absolute atomic E-state index is 13.3. The second-order valence-electron chi connectivity index (χ2n) is 14.0. The van der Waals surface area contributed by atoms with E-state index in [0.29, 0.717) is 41.5 Å². The van der Waals surface area contributed by atoms with E-state index in [2.05, 4.69) is 70.5 Å². The van der Waals surface area contributed by atoms with Gasteiger partial charge in [0.2, 0.25) is 11.8 Å². The standard InChI is InChI=1S/C36H40ClN7O4/c1-35(2)33(36(3,4)34(35)48-24-10-9-22(20-38)27(37)19-24)40-32(47)28-12-13-29(42-41-28)44-17-15-43(16-18-44)21-23-7-5-6-8-25(23)26-11-14-30(45)39-31(26)46/h5-10,12-13,19,26,33-34H,11,14-18,21H2,1-4H3,(H,40,47)(H,39,45,46). The molecule has 0 bridgehead atoms. The van der Waals surface area contributed by atoms with E-state index < -0.39 is 10.8 Å². The van der Waals surface area contributed by atoms with E-state index in [1.165, 1.54) is 0 Å². The summed E-state index contributed by atoms with van der Waals surface area (Å²) < 4.78 is 6.33. The smallest absolute Gasteiger partial charge is 0.272 e. The average Bonchev–Trinajstić information content (AvgIpc) is 3.07. The topological polar surface area (TPSA) is 141 Å². The van der Waals surface area contributed by atoms with Crippen molar-refractivity contribution >= 4 is 35.1 Å². The third kappa shape index (κ3) is 6.47. The Labute approximate surface area is 285 Å². The molecule has 3 fully saturated rings. The Morgan fingerprint density at radius 3 is 2.42 bits per heavy atom. The van der Waals surface area contributed by atoms with Crippen molar-refractivity contribution in [3.8, 4) is 11.8 Å². The Hall–Kier alpha value is -4.53. The van der Waals surface area contributed by atoms with E-state index in [0.717, 1.165) is 37.3 Å². The summed E-state index contributed by atoms with van der Waals surface area (Å²) in [7, 11) is 0. The molecule has 1 unspecified atom stereocenters. The first-order valence-corrected chi connectivity index (χ1v) is 16.7. The van der Waals surface area contributed by atoms with Crippen LogP contribution >= 0.6 is 11.6 Å². The molecule has 0 spiro atoms. The van der Waals surface area contributed by atoms with Gasteiger partial charge in [-0.15, -0.1) is 10.2 Å². The van der Waals surface area contributed by atoms with Crippen LogP contribution in [0.4, 0.5) is 5.82 Å². The van der Waals surface area contributed by atoms with Gasteiger partial charge in [0, 0.05) is 62.1 Å². The average molecular weight is 670 g/mol. The molecule has 0 radical (unpaired) electrons. The van der Waals surface area contributed by atoms with E-state index >= 15 is 0 Å². The van der Waals surface area contributed by atoms with E-state index in [1.807, 2.05) is 24.3 Å². The van der Waals surface area contributed by atoms with Gasteiger partial charge in [-0.2, -0.15) is 5.26 Å². The van der Waals surface area contributed by atoms with Crippen LogP contribution in [0, 0.1) is 22.2 Å².